The van der Waals surface area contributed by atoms with Gasteiger partial charge >= 0.3 is 0 Å². The lowest BCUT2D eigenvalue weighted by Gasteiger charge is -2.07. The van der Waals surface area contributed by atoms with Gasteiger partial charge in [0.05, 0.1) is 0 Å². The zero-order valence-corrected chi connectivity index (χ0v) is 12.9. The van der Waals surface area contributed by atoms with Crippen molar-refractivity contribution in [3.05, 3.63) is 51.2 Å². The van der Waals surface area contributed by atoms with Gasteiger partial charge in [0.25, 0.3) is 0 Å². The Hall–Kier alpha value is -1.32. The second kappa shape index (κ2) is 5.98. The van der Waals surface area contributed by atoms with Crippen LogP contribution in [0.5, 0.6) is 5.75 Å². The van der Waals surface area contributed by atoms with Crippen molar-refractivity contribution < 1.29 is 4.74 Å². The fourth-order valence-electron chi connectivity index (χ4n) is 2.09. The van der Waals surface area contributed by atoms with E-state index in [-0.39, 0.29) is 0 Å². The zero-order chi connectivity index (χ0) is 13.9. The molecule has 1 aromatic heterocycles. The summed E-state index contributed by atoms with van der Waals surface area (Å²) >= 11 is 1.84. The van der Waals surface area contributed by atoms with Crippen molar-refractivity contribution in [2.75, 3.05) is 0 Å². The highest BCUT2D eigenvalue weighted by Gasteiger charge is 2.20. The van der Waals surface area contributed by atoms with E-state index in [1.165, 1.54) is 33.7 Å². The van der Waals surface area contributed by atoms with Gasteiger partial charge in [-0.15, -0.1) is 11.3 Å². The zero-order valence-electron chi connectivity index (χ0n) is 12.1. The number of nitrogens with one attached hydrogen (secondary N) is 1. The number of hydrogen-bond donors (Lipinski definition) is 1. The largest absolute Gasteiger partial charge is 0.488 e. The third kappa shape index (κ3) is 3.62. The Morgan fingerprint density at radius 1 is 1.10 bits per heavy atom. The molecule has 0 aliphatic heterocycles. The van der Waals surface area contributed by atoms with E-state index in [1.807, 2.05) is 17.4 Å². The molecule has 1 aromatic carbocycles. The molecule has 1 N–H and O–H groups in total. The molecule has 0 saturated heterocycles. The summed E-state index contributed by atoms with van der Waals surface area (Å²) in [6, 6.07) is 11.4. The van der Waals surface area contributed by atoms with Crippen LogP contribution in [-0.4, -0.2) is 6.04 Å². The molecule has 106 valence electrons. The van der Waals surface area contributed by atoms with Crippen molar-refractivity contribution in [2.24, 2.45) is 0 Å². The van der Waals surface area contributed by atoms with Gasteiger partial charge < -0.3 is 10.1 Å². The van der Waals surface area contributed by atoms with Crippen LogP contribution >= 0.6 is 11.3 Å². The normalized spacial score (nSPS) is 14.5. The average molecular weight is 287 g/mol. The first-order chi connectivity index (χ1) is 9.70. The lowest BCUT2D eigenvalue weighted by Crippen LogP contribution is -2.14. The van der Waals surface area contributed by atoms with Gasteiger partial charge in [-0.25, -0.2) is 0 Å². The van der Waals surface area contributed by atoms with E-state index in [0.717, 1.165) is 18.3 Å². The molecule has 1 aliphatic rings. The molecule has 0 amide bonds. The smallest absolute Gasteiger partial charge is 0.122 e. The van der Waals surface area contributed by atoms with E-state index in [2.05, 4.69) is 43.4 Å². The standard InChI is InChI=1S/C17H21NOS/c1-12-3-6-15(9-13(12)2)19-11-17-8-7-16(20-17)10-18-14-4-5-14/h3,6-9,14,18H,4-5,10-11H2,1-2H3. The molecule has 0 bridgehead atoms. The van der Waals surface area contributed by atoms with Crippen LogP contribution in [0.1, 0.15) is 33.7 Å². The van der Waals surface area contributed by atoms with Gasteiger partial charge in [-0.2, -0.15) is 0 Å². The lowest BCUT2D eigenvalue weighted by molar-refractivity contribution is 0.309. The Bertz CT molecular complexity index is 586. The van der Waals surface area contributed by atoms with Crippen molar-refractivity contribution in [3.63, 3.8) is 0 Å². The first-order valence-corrected chi connectivity index (χ1v) is 8.03. The summed E-state index contributed by atoms with van der Waals surface area (Å²) in [6.07, 6.45) is 2.68. The first kappa shape index (κ1) is 13.7. The fourth-order valence-corrected chi connectivity index (χ4v) is 2.97. The van der Waals surface area contributed by atoms with Crippen LogP contribution in [-0.2, 0) is 13.2 Å². The van der Waals surface area contributed by atoms with E-state index >= 15 is 0 Å². The highest BCUT2D eigenvalue weighted by Crippen LogP contribution is 2.23. The van der Waals surface area contributed by atoms with Gasteiger partial charge in [0.2, 0.25) is 0 Å². The Kier molecular flexibility index (Phi) is 4.08. The molecular weight excluding hydrogens is 266 g/mol. The molecule has 0 unspecified atom stereocenters. The molecule has 1 fully saturated rings. The second-order valence-corrected chi connectivity index (χ2v) is 6.81. The summed E-state index contributed by atoms with van der Waals surface area (Å²) in [5, 5.41) is 3.54. The number of thiophene rings is 1. The van der Waals surface area contributed by atoms with E-state index < -0.39 is 0 Å². The van der Waals surface area contributed by atoms with Gasteiger partial charge in [0.1, 0.15) is 12.4 Å². The Labute approximate surface area is 124 Å². The molecular formula is C17H21NOS. The van der Waals surface area contributed by atoms with Crippen LogP contribution in [0.3, 0.4) is 0 Å². The minimum absolute atomic E-state index is 0.663. The molecule has 0 radical (unpaired) electrons. The number of aryl methyl sites for hydroxylation is 2. The Morgan fingerprint density at radius 3 is 2.65 bits per heavy atom. The van der Waals surface area contributed by atoms with E-state index in [1.54, 1.807) is 0 Å². The minimum atomic E-state index is 0.663. The lowest BCUT2D eigenvalue weighted by atomic mass is 10.1. The molecule has 2 nitrogen and oxygen atoms in total. The first-order valence-electron chi connectivity index (χ1n) is 7.22. The average Bonchev–Trinajstić information content (AvgIpc) is 3.16. The maximum atomic E-state index is 5.87. The van der Waals surface area contributed by atoms with Gasteiger partial charge in [-0.3, -0.25) is 0 Å². The molecule has 20 heavy (non-hydrogen) atoms. The summed E-state index contributed by atoms with van der Waals surface area (Å²) in [4.78, 5) is 2.69. The number of benzene rings is 1. The molecule has 3 heteroatoms. The summed E-state index contributed by atoms with van der Waals surface area (Å²) in [7, 11) is 0. The SMILES string of the molecule is Cc1ccc(OCc2ccc(CNC3CC3)s2)cc1C. The van der Waals surface area contributed by atoms with Crippen LogP contribution in [0.25, 0.3) is 0 Å². The number of ether oxygens (including phenoxy) is 1. The van der Waals surface area contributed by atoms with Crippen LogP contribution in [0, 0.1) is 13.8 Å². The Balaban J connectivity index is 1.53. The van der Waals surface area contributed by atoms with Crippen LogP contribution < -0.4 is 10.1 Å². The Morgan fingerprint density at radius 2 is 1.90 bits per heavy atom. The van der Waals surface area contributed by atoms with Gasteiger partial charge in [-0.1, -0.05) is 6.07 Å². The molecule has 1 heterocycles. The summed E-state index contributed by atoms with van der Waals surface area (Å²) in [5.74, 6) is 0.958. The third-order valence-electron chi connectivity index (χ3n) is 3.72. The predicted octanol–water partition coefficient (Wildman–Crippen LogP) is 4.20. The molecule has 1 saturated carbocycles. The minimum Gasteiger partial charge on any atom is -0.488 e. The topological polar surface area (TPSA) is 21.3 Å². The van der Waals surface area contributed by atoms with Crippen LogP contribution in [0.2, 0.25) is 0 Å². The summed E-state index contributed by atoms with van der Waals surface area (Å²) < 4.78 is 5.87. The second-order valence-electron chi connectivity index (χ2n) is 5.56. The van der Waals surface area contributed by atoms with Crippen LogP contribution in [0.15, 0.2) is 30.3 Å². The summed E-state index contributed by atoms with van der Waals surface area (Å²) in [6.45, 7) is 5.90. The van der Waals surface area contributed by atoms with Crippen molar-refractivity contribution in [1.82, 2.24) is 5.32 Å². The monoisotopic (exact) mass is 287 g/mol. The fraction of sp³-hybridized carbons (Fsp3) is 0.412. The maximum absolute atomic E-state index is 5.87. The van der Waals surface area contributed by atoms with Crippen LogP contribution in [0.4, 0.5) is 0 Å². The number of hydrogen-bond acceptors (Lipinski definition) is 3. The highest BCUT2D eigenvalue weighted by atomic mass is 32.1. The maximum Gasteiger partial charge on any atom is 0.122 e. The van der Waals surface area contributed by atoms with Crippen molar-refractivity contribution in [3.8, 4) is 5.75 Å². The van der Waals surface area contributed by atoms with E-state index in [0.29, 0.717) is 6.61 Å². The van der Waals surface area contributed by atoms with Gasteiger partial charge in [-0.05, 0) is 62.1 Å². The van der Waals surface area contributed by atoms with Gasteiger partial charge in [0.15, 0.2) is 0 Å². The predicted molar refractivity (Wildman–Crippen MR) is 84.4 cm³/mol. The molecule has 2 aromatic rings. The van der Waals surface area contributed by atoms with Gasteiger partial charge in [0, 0.05) is 22.3 Å². The molecule has 0 spiro atoms. The van der Waals surface area contributed by atoms with Crippen molar-refractivity contribution >= 4 is 11.3 Å². The van der Waals surface area contributed by atoms with Crippen molar-refractivity contribution in [1.29, 1.82) is 0 Å². The van der Waals surface area contributed by atoms with E-state index in [9.17, 15) is 0 Å². The number of rotatable bonds is 6. The van der Waals surface area contributed by atoms with E-state index in [4.69, 9.17) is 4.74 Å². The molecule has 1 aliphatic carbocycles. The quantitative estimate of drug-likeness (QED) is 0.860. The molecule has 0 atom stereocenters. The third-order valence-corrected chi connectivity index (χ3v) is 4.78. The highest BCUT2D eigenvalue weighted by molar-refractivity contribution is 7.11. The van der Waals surface area contributed by atoms with Crippen molar-refractivity contribution in [2.45, 2.75) is 45.9 Å². The molecule has 3 rings (SSSR count). The summed E-state index contributed by atoms with van der Waals surface area (Å²) in [5.41, 5.74) is 2.59.